The number of rotatable bonds is 3. The van der Waals surface area contributed by atoms with Gasteiger partial charge in [-0.15, -0.1) is 11.6 Å². The molecule has 5 heteroatoms. The van der Waals surface area contributed by atoms with Crippen LogP contribution in [0.1, 0.15) is 29.3 Å². The first-order valence-corrected chi connectivity index (χ1v) is 8.27. The van der Waals surface area contributed by atoms with Gasteiger partial charge in [0.25, 0.3) is 0 Å². The van der Waals surface area contributed by atoms with Crippen molar-refractivity contribution >= 4 is 45.2 Å². The van der Waals surface area contributed by atoms with Crippen LogP contribution in [0.25, 0.3) is 11.0 Å². The Labute approximate surface area is 142 Å². The number of benzene rings is 1. The third kappa shape index (κ3) is 2.92. The first-order valence-electron chi connectivity index (χ1n) is 6.75. The highest BCUT2D eigenvalue weighted by atomic mass is 127. The molecular formula is C16H15ClIN3. The zero-order chi connectivity index (χ0) is 15.0. The van der Waals surface area contributed by atoms with Gasteiger partial charge in [-0.05, 0) is 71.8 Å². The molecule has 0 fully saturated rings. The molecule has 0 saturated carbocycles. The number of alkyl halides is 1. The Kier molecular flexibility index (Phi) is 4.17. The summed E-state index contributed by atoms with van der Waals surface area (Å²) in [6, 6.07) is 8.36. The lowest BCUT2D eigenvalue weighted by molar-refractivity contribution is 0.738. The molecule has 0 spiro atoms. The van der Waals surface area contributed by atoms with E-state index in [1.54, 1.807) is 0 Å². The summed E-state index contributed by atoms with van der Waals surface area (Å²) < 4.78 is 3.38. The van der Waals surface area contributed by atoms with Crippen LogP contribution in [0.3, 0.4) is 0 Å². The molecule has 2 heterocycles. The van der Waals surface area contributed by atoms with Gasteiger partial charge in [0.15, 0.2) is 0 Å². The van der Waals surface area contributed by atoms with E-state index in [2.05, 4.69) is 63.3 Å². The van der Waals surface area contributed by atoms with Crippen LogP contribution in [0.5, 0.6) is 0 Å². The van der Waals surface area contributed by atoms with Crippen LogP contribution >= 0.6 is 34.2 Å². The van der Waals surface area contributed by atoms with E-state index >= 15 is 0 Å². The van der Waals surface area contributed by atoms with E-state index in [9.17, 15) is 0 Å². The number of imidazole rings is 1. The second-order valence-electron chi connectivity index (χ2n) is 5.11. The Morgan fingerprint density at radius 1 is 1.33 bits per heavy atom. The van der Waals surface area contributed by atoms with Gasteiger partial charge in [0.05, 0.1) is 16.4 Å². The predicted molar refractivity (Wildman–Crippen MR) is 94.8 cm³/mol. The van der Waals surface area contributed by atoms with Gasteiger partial charge in [-0.3, -0.25) is 4.98 Å². The maximum Gasteiger partial charge on any atom is 0.128 e. The van der Waals surface area contributed by atoms with E-state index < -0.39 is 0 Å². The summed E-state index contributed by atoms with van der Waals surface area (Å²) in [5.74, 6) is 0.907. The van der Waals surface area contributed by atoms with E-state index in [0.717, 1.165) is 23.4 Å². The Morgan fingerprint density at radius 3 is 2.86 bits per heavy atom. The highest BCUT2D eigenvalue weighted by Gasteiger charge is 2.16. The van der Waals surface area contributed by atoms with Crippen LogP contribution in [0.4, 0.5) is 0 Å². The first kappa shape index (κ1) is 14.8. The summed E-state index contributed by atoms with van der Waals surface area (Å²) in [7, 11) is 0. The van der Waals surface area contributed by atoms with E-state index in [1.165, 1.54) is 14.7 Å². The molecule has 0 amide bonds. The lowest BCUT2D eigenvalue weighted by atomic mass is 10.1. The van der Waals surface area contributed by atoms with Gasteiger partial charge in [-0.25, -0.2) is 4.98 Å². The average Bonchev–Trinajstić information content (AvgIpc) is 2.79. The largest absolute Gasteiger partial charge is 0.322 e. The van der Waals surface area contributed by atoms with Gasteiger partial charge in [-0.2, -0.15) is 0 Å². The molecule has 0 aliphatic carbocycles. The number of aromatic nitrogens is 3. The van der Waals surface area contributed by atoms with Crippen LogP contribution in [0.2, 0.25) is 0 Å². The molecule has 3 aromatic rings. The molecule has 0 bridgehead atoms. The van der Waals surface area contributed by atoms with Crippen molar-refractivity contribution in [3.8, 4) is 0 Å². The van der Waals surface area contributed by atoms with Crippen LogP contribution < -0.4 is 0 Å². The molecule has 3 nitrogen and oxygen atoms in total. The molecule has 108 valence electrons. The number of nitrogens with zero attached hydrogens (tertiary/aromatic N) is 3. The van der Waals surface area contributed by atoms with E-state index in [1.807, 2.05) is 19.3 Å². The van der Waals surface area contributed by atoms with Crippen molar-refractivity contribution in [3.05, 3.63) is 57.2 Å². The molecule has 2 aromatic heterocycles. The van der Waals surface area contributed by atoms with Crippen molar-refractivity contribution in [2.75, 3.05) is 0 Å². The van der Waals surface area contributed by atoms with Gasteiger partial charge in [-0.1, -0.05) is 0 Å². The highest BCUT2D eigenvalue weighted by molar-refractivity contribution is 14.1. The van der Waals surface area contributed by atoms with Gasteiger partial charge in [0.1, 0.15) is 5.82 Å². The number of pyridine rings is 1. The fourth-order valence-electron chi connectivity index (χ4n) is 2.44. The zero-order valence-electron chi connectivity index (χ0n) is 11.8. The summed E-state index contributed by atoms with van der Waals surface area (Å²) >= 11 is 8.63. The van der Waals surface area contributed by atoms with Crippen LogP contribution in [-0.2, 0) is 6.54 Å². The predicted octanol–water partition coefficient (Wildman–Crippen LogP) is 4.69. The minimum absolute atomic E-state index is 0.128. The number of fused-ring (bicyclic) bond motifs is 1. The summed E-state index contributed by atoms with van der Waals surface area (Å²) in [4.78, 5) is 8.86. The third-order valence-electron chi connectivity index (χ3n) is 3.56. The topological polar surface area (TPSA) is 30.7 Å². The normalized spacial score (nSPS) is 12.8. The van der Waals surface area contributed by atoms with Crippen LogP contribution in [0.15, 0.2) is 36.7 Å². The summed E-state index contributed by atoms with van der Waals surface area (Å²) in [5.41, 5.74) is 4.53. The summed E-state index contributed by atoms with van der Waals surface area (Å²) in [6.07, 6.45) is 3.72. The molecule has 3 rings (SSSR count). The number of hydrogen-bond acceptors (Lipinski definition) is 2. The Hall–Kier alpha value is -1.14. The maximum atomic E-state index is 6.33. The number of aryl methyl sites for hydroxylation is 1. The standard InChI is InChI=1S/C16H15ClIN3/c1-10-8-19-6-5-12(10)9-21-15-4-3-13(18)7-14(15)20-16(21)11(2)17/h3-8,11H,9H2,1-2H3. The second kappa shape index (κ2) is 5.93. The summed E-state index contributed by atoms with van der Waals surface area (Å²) in [6.45, 7) is 4.80. The molecule has 1 atom stereocenters. The lowest BCUT2D eigenvalue weighted by Gasteiger charge is -2.12. The fraction of sp³-hybridized carbons (Fsp3) is 0.250. The summed E-state index contributed by atoms with van der Waals surface area (Å²) in [5, 5.41) is -0.128. The molecule has 0 saturated heterocycles. The minimum atomic E-state index is -0.128. The van der Waals surface area contributed by atoms with E-state index in [-0.39, 0.29) is 5.38 Å². The highest BCUT2D eigenvalue weighted by Crippen LogP contribution is 2.27. The molecule has 1 aromatic carbocycles. The van der Waals surface area contributed by atoms with Crippen molar-refractivity contribution in [1.82, 2.24) is 14.5 Å². The van der Waals surface area contributed by atoms with Crippen molar-refractivity contribution in [2.24, 2.45) is 0 Å². The monoisotopic (exact) mass is 411 g/mol. The van der Waals surface area contributed by atoms with Crippen molar-refractivity contribution < 1.29 is 0 Å². The van der Waals surface area contributed by atoms with Crippen LogP contribution in [0, 0.1) is 10.5 Å². The van der Waals surface area contributed by atoms with E-state index in [0.29, 0.717) is 0 Å². The van der Waals surface area contributed by atoms with E-state index in [4.69, 9.17) is 16.6 Å². The van der Waals surface area contributed by atoms with Gasteiger partial charge in [0, 0.05) is 22.5 Å². The first-order chi connectivity index (χ1) is 10.1. The fourth-order valence-corrected chi connectivity index (χ4v) is 3.08. The Morgan fingerprint density at radius 2 is 2.14 bits per heavy atom. The zero-order valence-corrected chi connectivity index (χ0v) is 14.8. The Balaban J connectivity index is 2.16. The van der Waals surface area contributed by atoms with Gasteiger partial charge >= 0.3 is 0 Å². The van der Waals surface area contributed by atoms with Crippen LogP contribution in [-0.4, -0.2) is 14.5 Å². The molecule has 1 unspecified atom stereocenters. The molecular weight excluding hydrogens is 397 g/mol. The molecule has 21 heavy (non-hydrogen) atoms. The number of halogens is 2. The smallest absolute Gasteiger partial charge is 0.128 e. The van der Waals surface area contributed by atoms with Gasteiger partial charge in [0.2, 0.25) is 0 Å². The van der Waals surface area contributed by atoms with Crippen molar-refractivity contribution in [3.63, 3.8) is 0 Å². The lowest BCUT2D eigenvalue weighted by Crippen LogP contribution is -2.07. The minimum Gasteiger partial charge on any atom is -0.322 e. The molecule has 0 aliphatic rings. The van der Waals surface area contributed by atoms with Crippen molar-refractivity contribution in [1.29, 1.82) is 0 Å². The Bertz CT molecular complexity index is 795. The quantitative estimate of drug-likeness (QED) is 0.462. The maximum absolute atomic E-state index is 6.33. The van der Waals surface area contributed by atoms with Gasteiger partial charge < -0.3 is 4.57 Å². The third-order valence-corrected chi connectivity index (χ3v) is 4.43. The SMILES string of the molecule is Cc1cnccc1Cn1c(C(C)Cl)nc2cc(I)ccc21. The molecule has 0 N–H and O–H groups in total. The average molecular weight is 412 g/mol. The molecule has 0 radical (unpaired) electrons. The second-order valence-corrected chi connectivity index (χ2v) is 7.01. The molecule has 0 aliphatic heterocycles. The number of hydrogen-bond donors (Lipinski definition) is 0. The van der Waals surface area contributed by atoms with Crippen molar-refractivity contribution in [2.45, 2.75) is 25.8 Å².